The number of hydrogen-bond acceptors (Lipinski definition) is 3. The minimum atomic E-state index is -0.884. The molecule has 2 N–H and O–H groups in total. The van der Waals surface area contributed by atoms with E-state index >= 15 is 0 Å². The fourth-order valence-corrected chi connectivity index (χ4v) is 1.76. The first-order chi connectivity index (χ1) is 9.39. The molecule has 0 aliphatic carbocycles. The molecule has 20 heavy (non-hydrogen) atoms. The van der Waals surface area contributed by atoms with Gasteiger partial charge in [0, 0.05) is 17.7 Å². The lowest BCUT2D eigenvalue weighted by atomic mass is 10.1. The summed E-state index contributed by atoms with van der Waals surface area (Å²) in [5, 5.41) is 13.1. The summed E-state index contributed by atoms with van der Waals surface area (Å²) in [6.07, 6.45) is 1.60. The van der Waals surface area contributed by atoms with E-state index in [1.54, 1.807) is 19.1 Å². The summed E-state index contributed by atoms with van der Waals surface area (Å²) in [7, 11) is 0. The van der Waals surface area contributed by atoms with Crippen LogP contribution in [0.1, 0.15) is 52.1 Å². The zero-order valence-corrected chi connectivity index (χ0v) is 12.9. The monoisotopic (exact) mass is 283 g/mol. The molecular formula is C16H26FNO2. The second-order valence-corrected chi connectivity index (χ2v) is 5.50. The third-order valence-corrected chi connectivity index (χ3v) is 3.45. The molecule has 1 rings (SSSR count). The zero-order chi connectivity index (χ0) is 15.2. The van der Waals surface area contributed by atoms with Gasteiger partial charge in [0.1, 0.15) is 18.2 Å². The van der Waals surface area contributed by atoms with E-state index in [1.807, 2.05) is 13.8 Å². The number of hydrogen-bond donors (Lipinski definition) is 2. The van der Waals surface area contributed by atoms with Crippen molar-refractivity contribution in [1.29, 1.82) is 0 Å². The molecule has 2 unspecified atom stereocenters. The van der Waals surface area contributed by atoms with Crippen LogP contribution in [0.3, 0.4) is 0 Å². The van der Waals surface area contributed by atoms with Crippen molar-refractivity contribution in [2.75, 3.05) is 13.2 Å². The maximum atomic E-state index is 14.0. The Kier molecular flexibility index (Phi) is 6.43. The first kappa shape index (κ1) is 16.9. The van der Waals surface area contributed by atoms with Gasteiger partial charge >= 0.3 is 0 Å². The van der Waals surface area contributed by atoms with Crippen molar-refractivity contribution in [3.8, 4) is 5.75 Å². The van der Waals surface area contributed by atoms with Gasteiger partial charge in [0.15, 0.2) is 0 Å². The Morgan fingerprint density at radius 3 is 2.65 bits per heavy atom. The van der Waals surface area contributed by atoms with E-state index in [4.69, 9.17) is 4.74 Å². The topological polar surface area (TPSA) is 41.5 Å². The van der Waals surface area contributed by atoms with Gasteiger partial charge in [0.05, 0.1) is 5.60 Å². The summed E-state index contributed by atoms with van der Waals surface area (Å²) in [4.78, 5) is 0. The summed E-state index contributed by atoms with van der Waals surface area (Å²) in [6, 6.07) is 4.83. The van der Waals surface area contributed by atoms with Gasteiger partial charge in [0.25, 0.3) is 0 Å². The molecule has 0 aliphatic rings. The van der Waals surface area contributed by atoms with Crippen LogP contribution in [0.25, 0.3) is 0 Å². The van der Waals surface area contributed by atoms with E-state index in [0.717, 1.165) is 13.0 Å². The number of halogens is 1. The second-order valence-electron chi connectivity index (χ2n) is 5.50. The summed E-state index contributed by atoms with van der Waals surface area (Å²) in [6.45, 7) is 8.62. The summed E-state index contributed by atoms with van der Waals surface area (Å²) >= 11 is 0. The number of benzene rings is 1. The lowest BCUT2D eigenvalue weighted by molar-refractivity contribution is 0.00836. The lowest BCUT2D eigenvalue weighted by Crippen LogP contribution is -2.31. The van der Waals surface area contributed by atoms with Crippen molar-refractivity contribution in [3.63, 3.8) is 0 Å². The molecule has 1 aromatic rings. The Hall–Kier alpha value is -1.13. The Labute approximate surface area is 121 Å². The molecule has 4 heteroatoms. The second kappa shape index (κ2) is 7.60. The van der Waals surface area contributed by atoms with Crippen molar-refractivity contribution in [2.24, 2.45) is 0 Å². The highest BCUT2D eigenvalue weighted by molar-refractivity contribution is 5.30. The van der Waals surface area contributed by atoms with Gasteiger partial charge in [-0.3, -0.25) is 0 Å². The maximum Gasteiger partial charge on any atom is 0.131 e. The van der Waals surface area contributed by atoms with Crippen molar-refractivity contribution in [1.82, 2.24) is 5.32 Å². The third-order valence-electron chi connectivity index (χ3n) is 3.45. The molecule has 0 aliphatic heterocycles. The predicted octanol–water partition coefficient (Wildman–Crippen LogP) is 3.43. The van der Waals surface area contributed by atoms with Crippen LogP contribution in [0, 0.1) is 5.82 Å². The Morgan fingerprint density at radius 1 is 1.40 bits per heavy atom. The third kappa shape index (κ3) is 5.10. The van der Waals surface area contributed by atoms with Crippen LogP contribution in [0.5, 0.6) is 5.75 Å². The fourth-order valence-electron chi connectivity index (χ4n) is 1.76. The highest BCUT2D eigenvalue weighted by Crippen LogP contribution is 2.23. The summed E-state index contributed by atoms with van der Waals surface area (Å²) in [5.74, 6) is 0.164. The van der Waals surface area contributed by atoms with E-state index in [0.29, 0.717) is 17.7 Å². The molecule has 0 heterocycles. The first-order valence-electron chi connectivity index (χ1n) is 7.27. The maximum absolute atomic E-state index is 14.0. The van der Waals surface area contributed by atoms with Gasteiger partial charge in [0.2, 0.25) is 0 Å². The molecule has 114 valence electrons. The number of rotatable bonds is 8. The van der Waals surface area contributed by atoms with E-state index in [-0.39, 0.29) is 18.5 Å². The number of nitrogens with one attached hydrogen (secondary N) is 1. The molecule has 0 fully saturated rings. The Balaban J connectivity index is 2.68. The molecule has 0 saturated heterocycles. The minimum Gasteiger partial charge on any atom is -0.491 e. The zero-order valence-electron chi connectivity index (χ0n) is 12.9. The molecule has 0 amide bonds. The van der Waals surface area contributed by atoms with Crippen LogP contribution >= 0.6 is 0 Å². The minimum absolute atomic E-state index is 0.0252. The highest BCUT2D eigenvalue weighted by Gasteiger charge is 2.19. The van der Waals surface area contributed by atoms with Crippen molar-refractivity contribution in [3.05, 3.63) is 29.6 Å². The predicted molar refractivity (Wildman–Crippen MR) is 79.5 cm³/mol. The van der Waals surface area contributed by atoms with Crippen LogP contribution < -0.4 is 10.1 Å². The van der Waals surface area contributed by atoms with Gasteiger partial charge in [-0.2, -0.15) is 0 Å². The average molecular weight is 283 g/mol. The van der Waals surface area contributed by atoms with Gasteiger partial charge in [-0.1, -0.05) is 19.9 Å². The van der Waals surface area contributed by atoms with Crippen LogP contribution in [-0.4, -0.2) is 23.9 Å². The Bertz CT molecular complexity index is 421. The van der Waals surface area contributed by atoms with E-state index in [1.165, 1.54) is 6.07 Å². The fraction of sp³-hybridized carbons (Fsp3) is 0.625. The van der Waals surface area contributed by atoms with Crippen LogP contribution in [0.4, 0.5) is 4.39 Å². The van der Waals surface area contributed by atoms with E-state index in [9.17, 15) is 9.50 Å². The summed E-state index contributed by atoms with van der Waals surface area (Å²) < 4.78 is 19.5. The summed E-state index contributed by atoms with van der Waals surface area (Å²) in [5.41, 5.74) is -0.251. The molecule has 0 aromatic heterocycles. The highest BCUT2D eigenvalue weighted by atomic mass is 19.1. The quantitative estimate of drug-likeness (QED) is 0.768. The lowest BCUT2D eigenvalue weighted by Gasteiger charge is -2.22. The largest absolute Gasteiger partial charge is 0.491 e. The SMILES string of the molecule is CCCNC(C)c1ccc(OCC(C)(O)CC)cc1F. The van der Waals surface area contributed by atoms with Gasteiger partial charge < -0.3 is 15.2 Å². The molecule has 2 atom stereocenters. The Morgan fingerprint density at radius 2 is 2.10 bits per heavy atom. The van der Waals surface area contributed by atoms with Crippen molar-refractivity contribution >= 4 is 0 Å². The molecule has 3 nitrogen and oxygen atoms in total. The molecule has 0 radical (unpaired) electrons. The van der Waals surface area contributed by atoms with Crippen LogP contribution in [-0.2, 0) is 0 Å². The van der Waals surface area contributed by atoms with Crippen molar-refractivity contribution < 1.29 is 14.2 Å². The van der Waals surface area contributed by atoms with Gasteiger partial charge in [-0.25, -0.2) is 4.39 Å². The van der Waals surface area contributed by atoms with Crippen LogP contribution in [0.2, 0.25) is 0 Å². The molecule has 1 aromatic carbocycles. The standard InChI is InChI=1S/C16H26FNO2/c1-5-9-18-12(3)14-8-7-13(10-15(14)17)20-11-16(4,19)6-2/h7-8,10,12,18-19H,5-6,9,11H2,1-4H3. The normalized spacial score (nSPS) is 15.7. The van der Waals surface area contributed by atoms with Gasteiger partial charge in [-0.05, 0) is 39.3 Å². The first-order valence-corrected chi connectivity index (χ1v) is 7.27. The molecule has 0 spiro atoms. The average Bonchev–Trinajstić information content (AvgIpc) is 2.42. The molecule has 0 saturated carbocycles. The number of aliphatic hydroxyl groups is 1. The van der Waals surface area contributed by atoms with Crippen molar-refractivity contribution in [2.45, 2.75) is 52.2 Å². The molecule has 0 bridgehead atoms. The van der Waals surface area contributed by atoms with Gasteiger partial charge in [-0.15, -0.1) is 0 Å². The number of ether oxygens (including phenoxy) is 1. The van der Waals surface area contributed by atoms with E-state index < -0.39 is 5.60 Å². The van der Waals surface area contributed by atoms with Crippen LogP contribution in [0.15, 0.2) is 18.2 Å². The van der Waals surface area contributed by atoms with E-state index in [2.05, 4.69) is 12.2 Å². The molecular weight excluding hydrogens is 257 g/mol. The smallest absolute Gasteiger partial charge is 0.131 e.